The van der Waals surface area contributed by atoms with Gasteiger partial charge in [0, 0.05) is 31.6 Å². The number of rotatable bonds is 3. The number of anilines is 3. The fourth-order valence-electron chi connectivity index (χ4n) is 1.68. The topological polar surface area (TPSA) is 99.5 Å². The van der Waals surface area contributed by atoms with E-state index in [1.54, 1.807) is 33.9 Å². The van der Waals surface area contributed by atoms with Crippen molar-refractivity contribution in [2.75, 3.05) is 11.1 Å². The predicted octanol–water partition coefficient (Wildman–Crippen LogP) is 0.722. The number of aryl methyl sites for hydroxylation is 1. The quantitative estimate of drug-likeness (QED) is 0.716. The van der Waals surface area contributed by atoms with Crippen molar-refractivity contribution in [1.29, 1.82) is 0 Å². The van der Waals surface area contributed by atoms with Crippen LogP contribution >= 0.6 is 0 Å². The Labute approximate surface area is 108 Å². The van der Waals surface area contributed by atoms with Gasteiger partial charge in [-0.1, -0.05) is 0 Å². The van der Waals surface area contributed by atoms with Crippen LogP contribution in [0.3, 0.4) is 0 Å². The molecule has 3 aromatic rings. The van der Waals surface area contributed by atoms with Gasteiger partial charge >= 0.3 is 0 Å². The summed E-state index contributed by atoms with van der Waals surface area (Å²) >= 11 is 0. The number of nitrogens with two attached hydrogens (primary N) is 1. The molecule has 0 aliphatic carbocycles. The van der Waals surface area contributed by atoms with Gasteiger partial charge in [-0.25, -0.2) is 15.0 Å². The third-order valence-electron chi connectivity index (χ3n) is 2.65. The summed E-state index contributed by atoms with van der Waals surface area (Å²) in [6.07, 6.45) is 6.53. The zero-order valence-electron chi connectivity index (χ0n) is 10.2. The fraction of sp³-hybridized carbons (Fsp3) is 0.0909. The maximum Gasteiger partial charge on any atom is 0.206 e. The SMILES string of the molecule is Cn1nccc1Nc1cc(-n2ccnc2N)ncn1. The number of hydrogen-bond donors (Lipinski definition) is 2. The van der Waals surface area contributed by atoms with E-state index in [2.05, 4.69) is 25.4 Å². The van der Waals surface area contributed by atoms with Crippen LogP contribution in [-0.4, -0.2) is 29.3 Å². The Morgan fingerprint density at radius 1 is 1.21 bits per heavy atom. The zero-order chi connectivity index (χ0) is 13.2. The van der Waals surface area contributed by atoms with Crippen LogP contribution in [-0.2, 0) is 7.05 Å². The van der Waals surface area contributed by atoms with Gasteiger partial charge in [0.2, 0.25) is 5.95 Å². The van der Waals surface area contributed by atoms with Crippen molar-refractivity contribution in [3.05, 3.63) is 37.1 Å². The maximum absolute atomic E-state index is 5.74. The van der Waals surface area contributed by atoms with Gasteiger partial charge in [-0.15, -0.1) is 0 Å². The smallest absolute Gasteiger partial charge is 0.206 e. The number of nitrogens with one attached hydrogen (secondary N) is 1. The highest BCUT2D eigenvalue weighted by atomic mass is 15.3. The van der Waals surface area contributed by atoms with E-state index < -0.39 is 0 Å². The molecule has 0 aliphatic heterocycles. The average molecular weight is 256 g/mol. The van der Waals surface area contributed by atoms with Gasteiger partial charge in [0.1, 0.15) is 23.8 Å². The number of nitrogen functional groups attached to an aromatic ring is 1. The summed E-state index contributed by atoms with van der Waals surface area (Å²) in [6.45, 7) is 0. The third kappa shape index (κ3) is 2.10. The Kier molecular flexibility index (Phi) is 2.60. The summed E-state index contributed by atoms with van der Waals surface area (Å²) in [5.41, 5.74) is 5.74. The van der Waals surface area contributed by atoms with Crippen molar-refractivity contribution >= 4 is 17.6 Å². The molecule has 3 aromatic heterocycles. The first-order chi connectivity index (χ1) is 9.24. The fourth-order valence-corrected chi connectivity index (χ4v) is 1.68. The summed E-state index contributed by atoms with van der Waals surface area (Å²) in [5, 5.41) is 7.22. The van der Waals surface area contributed by atoms with Crippen molar-refractivity contribution in [2.45, 2.75) is 0 Å². The van der Waals surface area contributed by atoms with E-state index in [0.717, 1.165) is 5.82 Å². The largest absolute Gasteiger partial charge is 0.369 e. The molecule has 8 nitrogen and oxygen atoms in total. The van der Waals surface area contributed by atoms with E-state index in [1.807, 2.05) is 13.1 Å². The first-order valence-corrected chi connectivity index (χ1v) is 5.60. The van der Waals surface area contributed by atoms with Gasteiger partial charge in [0.15, 0.2) is 0 Å². The number of nitrogens with zero attached hydrogens (tertiary/aromatic N) is 6. The van der Waals surface area contributed by atoms with Gasteiger partial charge in [-0.05, 0) is 0 Å². The molecule has 3 N–H and O–H groups in total. The zero-order valence-corrected chi connectivity index (χ0v) is 10.2. The molecule has 3 rings (SSSR count). The van der Waals surface area contributed by atoms with Gasteiger partial charge in [0.05, 0.1) is 6.20 Å². The van der Waals surface area contributed by atoms with Crippen molar-refractivity contribution in [2.24, 2.45) is 7.05 Å². The lowest BCUT2D eigenvalue weighted by Gasteiger charge is -2.07. The molecule has 0 saturated carbocycles. The normalized spacial score (nSPS) is 10.6. The van der Waals surface area contributed by atoms with Crippen LogP contribution in [0.15, 0.2) is 37.1 Å². The van der Waals surface area contributed by atoms with Crippen LogP contribution in [0.2, 0.25) is 0 Å². The van der Waals surface area contributed by atoms with Gasteiger partial charge in [-0.3, -0.25) is 9.25 Å². The Balaban J connectivity index is 1.93. The van der Waals surface area contributed by atoms with Crippen LogP contribution in [0.4, 0.5) is 17.6 Å². The highest BCUT2D eigenvalue weighted by Crippen LogP contribution is 2.16. The van der Waals surface area contributed by atoms with Crippen LogP contribution in [0.1, 0.15) is 0 Å². The standard InChI is InChI=1S/C11H12N8/c1-18-9(2-3-16-18)17-8-6-10(15-7-14-8)19-5-4-13-11(19)12/h2-7H,1H3,(H2,12,13)(H,14,15,17). The maximum atomic E-state index is 5.74. The highest BCUT2D eigenvalue weighted by molar-refractivity contribution is 5.53. The Morgan fingerprint density at radius 2 is 2.11 bits per heavy atom. The molecule has 19 heavy (non-hydrogen) atoms. The summed E-state index contributed by atoms with van der Waals surface area (Å²) in [6, 6.07) is 3.64. The monoisotopic (exact) mass is 256 g/mol. The van der Waals surface area contributed by atoms with Crippen LogP contribution in [0.25, 0.3) is 5.82 Å². The van der Waals surface area contributed by atoms with Gasteiger partial charge in [0.25, 0.3) is 0 Å². The second-order valence-electron chi connectivity index (χ2n) is 3.88. The molecule has 0 aliphatic rings. The molecule has 0 amide bonds. The molecule has 0 spiro atoms. The molecule has 0 fully saturated rings. The highest BCUT2D eigenvalue weighted by Gasteiger charge is 2.05. The van der Waals surface area contributed by atoms with Crippen molar-refractivity contribution in [1.82, 2.24) is 29.3 Å². The lowest BCUT2D eigenvalue weighted by molar-refractivity contribution is 0.776. The average Bonchev–Trinajstić information content (AvgIpc) is 3.00. The number of hydrogen-bond acceptors (Lipinski definition) is 6. The van der Waals surface area contributed by atoms with E-state index in [-0.39, 0.29) is 0 Å². The molecule has 0 unspecified atom stereocenters. The minimum absolute atomic E-state index is 0.380. The lowest BCUT2D eigenvalue weighted by atomic mass is 10.5. The minimum atomic E-state index is 0.380. The van der Waals surface area contributed by atoms with Crippen molar-refractivity contribution in [3.8, 4) is 5.82 Å². The van der Waals surface area contributed by atoms with E-state index in [4.69, 9.17) is 5.73 Å². The van der Waals surface area contributed by atoms with E-state index >= 15 is 0 Å². The van der Waals surface area contributed by atoms with Crippen LogP contribution < -0.4 is 11.1 Å². The predicted molar refractivity (Wildman–Crippen MR) is 70.1 cm³/mol. The summed E-state index contributed by atoms with van der Waals surface area (Å²) in [4.78, 5) is 12.3. The molecule has 0 saturated heterocycles. The van der Waals surface area contributed by atoms with Crippen molar-refractivity contribution < 1.29 is 0 Å². The van der Waals surface area contributed by atoms with Gasteiger partial charge in [-0.2, -0.15) is 5.10 Å². The first kappa shape index (κ1) is 11.2. The molecule has 0 aromatic carbocycles. The second kappa shape index (κ2) is 4.41. The van der Waals surface area contributed by atoms with Gasteiger partial charge < -0.3 is 11.1 Å². The lowest BCUT2D eigenvalue weighted by Crippen LogP contribution is -2.05. The molecule has 0 radical (unpaired) electrons. The summed E-state index contributed by atoms with van der Waals surface area (Å²) in [7, 11) is 1.85. The minimum Gasteiger partial charge on any atom is -0.369 e. The Hall–Kier alpha value is -2.90. The molecular formula is C11H12N8. The molecule has 0 bridgehead atoms. The Morgan fingerprint density at radius 3 is 2.79 bits per heavy atom. The molecule has 8 heteroatoms. The molecule has 3 heterocycles. The first-order valence-electron chi connectivity index (χ1n) is 5.60. The summed E-state index contributed by atoms with van der Waals surface area (Å²) < 4.78 is 3.39. The number of aromatic nitrogens is 6. The van der Waals surface area contributed by atoms with E-state index in [0.29, 0.717) is 17.6 Å². The molecule has 0 atom stereocenters. The molecular weight excluding hydrogens is 244 g/mol. The van der Waals surface area contributed by atoms with E-state index in [9.17, 15) is 0 Å². The van der Waals surface area contributed by atoms with Crippen molar-refractivity contribution in [3.63, 3.8) is 0 Å². The number of imidazole rings is 1. The van der Waals surface area contributed by atoms with E-state index in [1.165, 1.54) is 6.33 Å². The van der Waals surface area contributed by atoms with Crippen LogP contribution in [0, 0.1) is 0 Å². The summed E-state index contributed by atoms with van der Waals surface area (Å²) in [5.74, 6) is 2.52. The second-order valence-corrected chi connectivity index (χ2v) is 3.88. The Bertz CT molecular complexity index is 698. The molecule has 96 valence electrons. The van der Waals surface area contributed by atoms with Crippen LogP contribution in [0.5, 0.6) is 0 Å². The third-order valence-corrected chi connectivity index (χ3v) is 2.65.